The number of piperazine rings is 1. The quantitative estimate of drug-likeness (QED) is 0.865. The van der Waals surface area contributed by atoms with E-state index in [2.05, 4.69) is 23.0 Å². The second-order valence-corrected chi connectivity index (χ2v) is 5.25. The van der Waals surface area contributed by atoms with Gasteiger partial charge in [0.1, 0.15) is 0 Å². The lowest BCUT2D eigenvalue weighted by molar-refractivity contribution is -0.127. The Labute approximate surface area is 130 Å². The van der Waals surface area contributed by atoms with Gasteiger partial charge in [0.15, 0.2) is 0 Å². The minimum absolute atomic E-state index is 0. The van der Waals surface area contributed by atoms with Gasteiger partial charge in [-0.2, -0.15) is 0 Å². The summed E-state index contributed by atoms with van der Waals surface area (Å²) in [6.07, 6.45) is 5.53. The van der Waals surface area contributed by atoms with E-state index in [0.29, 0.717) is 0 Å². The van der Waals surface area contributed by atoms with Crippen LogP contribution in [0.25, 0.3) is 17.0 Å². The lowest BCUT2D eigenvalue weighted by atomic mass is 10.1. The first-order chi connectivity index (χ1) is 9.74. The van der Waals surface area contributed by atoms with Crippen LogP contribution in [0.1, 0.15) is 5.56 Å². The Hall–Kier alpha value is -1.78. The first-order valence-electron chi connectivity index (χ1n) is 6.96. The van der Waals surface area contributed by atoms with Gasteiger partial charge in [0.05, 0.1) is 0 Å². The average Bonchev–Trinajstić information content (AvgIpc) is 2.89. The van der Waals surface area contributed by atoms with E-state index in [1.165, 1.54) is 0 Å². The molecule has 0 spiro atoms. The number of likely N-dealkylation sites (N-methyl/N-ethyl adjacent to an activating group) is 1. The molecule has 0 aliphatic carbocycles. The monoisotopic (exact) mass is 305 g/mol. The van der Waals surface area contributed by atoms with Crippen molar-refractivity contribution in [3.05, 3.63) is 42.1 Å². The van der Waals surface area contributed by atoms with Crippen LogP contribution in [0.15, 0.2) is 36.5 Å². The predicted octanol–water partition coefficient (Wildman–Crippen LogP) is 2.38. The molecule has 21 heavy (non-hydrogen) atoms. The molecule has 2 aromatic rings. The average molecular weight is 306 g/mol. The van der Waals surface area contributed by atoms with Gasteiger partial charge in [0.2, 0.25) is 5.91 Å². The van der Waals surface area contributed by atoms with Crippen LogP contribution in [0.4, 0.5) is 0 Å². The number of nitrogens with zero attached hydrogens (tertiary/aromatic N) is 2. The van der Waals surface area contributed by atoms with Crippen molar-refractivity contribution in [2.24, 2.45) is 0 Å². The van der Waals surface area contributed by atoms with Crippen molar-refractivity contribution in [1.82, 2.24) is 14.8 Å². The molecular formula is C16H20ClN3O. The van der Waals surface area contributed by atoms with Gasteiger partial charge < -0.3 is 14.8 Å². The van der Waals surface area contributed by atoms with Crippen LogP contribution in [0.3, 0.4) is 0 Å². The van der Waals surface area contributed by atoms with Gasteiger partial charge in [-0.05, 0) is 24.8 Å². The molecule has 1 aromatic heterocycles. The van der Waals surface area contributed by atoms with Gasteiger partial charge in [-0.25, -0.2) is 0 Å². The molecule has 3 rings (SSSR count). The molecule has 4 nitrogen and oxygen atoms in total. The highest BCUT2D eigenvalue weighted by Crippen LogP contribution is 2.18. The van der Waals surface area contributed by atoms with Gasteiger partial charge in [-0.1, -0.05) is 18.2 Å². The molecule has 1 amide bonds. The van der Waals surface area contributed by atoms with Crippen LogP contribution in [0.2, 0.25) is 0 Å². The molecule has 1 N–H and O–H groups in total. The lowest BCUT2D eigenvalue weighted by Gasteiger charge is -2.31. The smallest absolute Gasteiger partial charge is 0.246 e. The summed E-state index contributed by atoms with van der Waals surface area (Å²) in [5, 5.41) is 1.15. The normalized spacial score (nSPS) is 16.3. The molecule has 5 heteroatoms. The van der Waals surface area contributed by atoms with E-state index in [1.807, 2.05) is 35.4 Å². The number of para-hydroxylation sites is 1. The number of hydrogen-bond acceptors (Lipinski definition) is 2. The SMILES string of the molecule is CN1CCN(C(=O)/C=C/c2c[nH]c3ccccc23)CC1.Cl. The van der Waals surface area contributed by atoms with Crippen LogP contribution in [-0.2, 0) is 4.79 Å². The van der Waals surface area contributed by atoms with E-state index in [1.54, 1.807) is 6.08 Å². The number of benzene rings is 1. The molecule has 1 fully saturated rings. The molecule has 1 aliphatic heterocycles. The number of carbonyl (C=O) groups excluding carboxylic acids is 1. The van der Waals surface area contributed by atoms with Crippen LogP contribution in [0.5, 0.6) is 0 Å². The highest BCUT2D eigenvalue weighted by atomic mass is 35.5. The molecule has 0 unspecified atom stereocenters. The van der Waals surface area contributed by atoms with Crippen molar-refractivity contribution in [3.63, 3.8) is 0 Å². The summed E-state index contributed by atoms with van der Waals surface area (Å²) < 4.78 is 0. The maximum atomic E-state index is 12.1. The van der Waals surface area contributed by atoms with Crippen molar-refractivity contribution in [2.45, 2.75) is 0 Å². The topological polar surface area (TPSA) is 39.3 Å². The molecule has 1 saturated heterocycles. The maximum Gasteiger partial charge on any atom is 0.246 e. The molecule has 2 heterocycles. The highest BCUT2D eigenvalue weighted by Gasteiger charge is 2.16. The van der Waals surface area contributed by atoms with E-state index in [9.17, 15) is 4.79 Å². The van der Waals surface area contributed by atoms with E-state index in [4.69, 9.17) is 0 Å². The molecule has 0 atom stereocenters. The Kier molecular flexibility index (Phi) is 5.04. The number of aromatic amines is 1. The molecule has 0 radical (unpaired) electrons. The van der Waals surface area contributed by atoms with E-state index >= 15 is 0 Å². The van der Waals surface area contributed by atoms with Gasteiger partial charge >= 0.3 is 0 Å². The van der Waals surface area contributed by atoms with Crippen LogP contribution >= 0.6 is 12.4 Å². The van der Waals surface area contributed by atoms with E-state index in [-0.39, 0.29) is 18.3 Å². The van der Waals surface area contributed by atoms with Crippen molar-refractivity contribution < 1.29 is 4.79 Å². The summed E-state index contributed by atoms with van der Waals surface area (Å²) in [4.78, 5) is 19.5. The van der Waals surface area contributed by atoms with Crippen LogP contribution < -0.4 is 0 Å². The fourth-order valence-electron chi connectivity index (χ4n) is 2.53. The van der Waals surface area contributed by atoms with Crippen LogP contribution in [-0.4, -0.2) is 53.9 Å². The number of H-pyrrole nitrogens is 1. The Morgan fingerprint density at radius 3 is 2.67 bits per heavy atom. The van der Waals surface area contributed by atoms with Gasteiger partial charge in [0.25, 0.3) is 0 Å². The van der Waals surface area contributed by atoms with Crippen molar-refractivity contribution in [1.29, 1.82) is 0 Å². The van der Waals surface area contributed by atoms with Crippen molar-refractivity contribution in [3.8, 4) is 0 Å². The summed E-state index contributed by atoms with van der Waals surface area (Å²) in [7, 11) is 2.09. The number of halogens is 1. The Morgan fingerprint density at radius 2 is 1.90 bits per heavy atom. The Bertz CT molecular complexity index is 642. The third-order valence-corrected chi connectivity index (χ3v) is 3.84. The number of nitrogens with one attached hydrogen (secondary N) is 1. The Balaban J connectivity index is 0.00000161. The van der Waals surface area contributed by atoms with E-state index in [0.717, 1.165) is 42.6 Å². The zero-order chi connectivity index (χ0) is 13.9. The molecule has 1 aromatic carbocycles. The fourth-order valence-corrected chi connectivity index (χ4v) is 2.53. The maximum absolute atomic E-state index is 12.1. The number of amides is 1. The summed E-state index contributed by atoms with van der Waals surface area (Å²) in [6.45, 7) is 3.53. The third kappa shape index (κ3) is 3.46. The number of fused-ring (bicyclic) bond motifs is 1. The molecule has 1 aliphatic rings. The molecule has 112 valence electrons. The predicted molar refractivity (Wildman–Crippen MR) is 88.7 cm³/mol. The van der Waals surface area contributed by atoms with Crippen molar-refractivity contribution >= 4 is 35.3 Å². The Morgan fingerprint density at radius 1 is 1.19 bits per heavy atom. The minimum Gasteiger partial charge on any atom is -0.361 e. The largest absolute Gasteiger partial charge is 0.361 e. The fraction of sp³-hybridized carbons (Fsp3) is 0.312. The van der Waals surface area contributed by atoms with Crippen LogP contribution in [0, 0.1) is 0 Å². The number of rotatable bonds is 2. The molecule has 0 bridgehead atoms. The molecular weight excluding hydrogens is 286 g/mol. The number of hydrogen-bond donors (Lipinski definition) is 1. The van der Waals surface area contributed by atoms with Gasteiger partial charge in [0, 0.05) is 49.4 Å². The first-order valence-corrected chi connectivity index (χ1v) is 6.96. The lowest BCUT2D eigenvalue weighted by Crippen LogP contribution is -2.46. The van der Waals surface area contributed by atoms with Gasteiger partial charge in [-0.15, -0.1) is 12.4 Å². The molecule has 0 saturated carbocycles. The summed E-state index contributed by atoms with van der Waals surface area (Å²) in [5.74, 6) is 0.100. The zero-order valence-electron chi connectivity index (χ0n) is 12.1. The number of carbonyl (C=O) groups is 1. The third-order valence-electron chi connectivity index (χ3n) is 3.84. The second kappa shape index (κ2) is 6.78. The summed E-state index contributed by atoms with van der Waals surface area (Å²) >= 11 is 0. The van der Waals surface area contributed by atoms with Crippen molar-refractivity contribution in [2.75, 3.05) is 33.2 Å². The second-order valence-electron chi connectivity index (χ2n) is 5.25. The summed E-state index contributed by atoms with van der Waals surface area (Å²) in [6, 6.07) is 8.11. The zero-order valence-corrected chi connectivity index (χ0v) is 12.9. The van der Waals surface area contributed by atoms with E-state index < -0.39 is 0 Å². The first kappa shape index (κ1) is 15.6. The summed E-state index contributed by atoms with van der Waals surface area (Å²) in [5.41, 5.74) is 2.15. The standard InChI is InChI=1S/C16H19N3O.ClH/c1-18-8-10-19(11-9-18)16(20)7-6-13-12-17-15-5-3-2-4-14(13)15;/h2-7,12,17H,8-11H2,1H3;1H/b7-6+;. The van der Waals surface area contributed by atoms with Gasteiger partial charge in [-0.3, -0.25) is 4.79 Å². The number of aromatic nitrogens is 1. The highest BCUT2D eigenvalue weighted by molar-refractivity contribution is 5.96. The minimum atomic E-state index is 0.